The van der Waals surface area contributed by atoms with Crippen LogP contribution in [0.2, 0.25) is 0 Å². The molecule has 0 aromatic rings. The Morgan fingerprint density at radius 2 is 1.47 bits per heavy atom. The molecule has 2 amide bonds. The average Bonchev–Trinajstić information content (AvgIpc) is 2.95. The lowest BCUT2D eigenvalue weighted by Crippen LogP contribution is -2.36. The maximum atomic E-state index is 12.4. The van der Waals surface area contributed by atoms with Gasteiger partial charge in [0.25, 0.3) is 16.9 Å². The van der Waals surface area contributed by atoms with Crippen molar-refractivity contribution >= 4 is 32.8 Å². The van der Waals surface area contributed by atoms with Crippen molar-refractivity contribution in [2.24, 2.45) is 11.8 Å². The van der Waals surface area contributed by atoms with Crippen LogP contribution in [-0.2, 0) is 23.5 Å². The van der Waals surface area contributed by atoms with E-state index in [0.717, 1.165) is 0 Å². The Bertz CT molecular complexity index is 765. The van der Waals surface area contributed by atoms with Crippen molar-refractivity contribution in [2.75, 3.05) is 6.54 Å². The standard InChI is InChI=1S/C17H27NO10P2/c19-14(3-1-2-10-17(22,29(23,24)25)30(26,27)28)13-6-4-12(5-7-13)11-18-15(20)8-9-16(18)21/h8-9,12-13,22H,1-7,10-11H2,(H2,23,24,25)(H2,26,27,28). The summed E-state index contributed by atoms with van der Waals surface area (Å²) in [6.07, 6.45) is 4.27. The molecule has 2 aliphatic rings. The zero-order valence-corrected chi connectivity index (χ0v) is 18.1. The number of rotatable bonds is 10. The van der Waals surface area contributed by atoms with Crippen molar-refractivity contribution in [3.8, 4) is 0 Å². The van der Waals surface area contributed by atoms with E-state index < -0.39 is 26.7 Å². The van der Waals surface area contributed by atoms with Gasteiger partial charge >= 0.3 is 15.2 Å². The number of ketones is 1. The molecule has 0 spiro atoms. The third-order valence-corrected chi connectivity index (χ3v) is 9.64. The lowest BCUT2D eigenvalue weighted by molar-refractivity contribution is -0.138. The molecule has 13 heteroatoms. The lowest BCUT2D eigenvalue weighted by Gasteiger charge is -2.30. The minimum atomic E-state index is -5.48. The molecule has 0 radical (unpaired) electrons. The summed E-state index contributed by atoms with van der Waals surface area (Å²) in [4.78, 5) is 73.2. The van der Waals surface area contributed by atoms with Gasteiger partial charge in [0.05, 0.1) is 0 Å². The minimum Gasteiger partial charge on any atom is -0.368 e. The Kier molecular flexibility index (Phi) is 7.96. The third-order valence-electron chi connectivity index (χ3n) is 5.76. The van der Waals surface area contributed by atoms with Crippen molar-refractivity contribution in [1.82, 2.24) is 4.90 Å². The first-order valence-corrected chi connectivity index (χ1v) is 12.9. The van der Waals surface area contributed by atoms with Gasteiger partial charge in [0.2, 0.25) is 0 Å². The second kappa shape index (κ2) is 9.53. The van der Waals surface area contributed by atoms with Crippen LogP contribution in [0, 0.1) is 11.8 Å². The zero-order chi connectivity index (χ0) is 22.7. The second-order valence-corrected chi connectivity index (χ2v) is 11.9. The van der Waals surface area contributed by atoms with Crippen LogP contribution in [-0.4, -0.2) is 58.8 Å². The monoisotopic (exact) mass is 467 g/mol. The number of carbonyl (C=O) groups excluding carboxylic acids is 3. The molecule has 1 fully saturated rings. The van der Waals surface area contributed by atoms with Gasteiger partial charge in [-0.1, -0.05) is 0 Å². The molecule has 11 nitrogen and oxygen atoms in total. The van der Waals surface area contributed by atoms with E-state index in [1.807, 2.05) is 0 Å². The van der Waals surface area contributed by atoms with Crippen molar-refractivity contribution in [2.45, 2.75) is 56.4 Å². The van der Waals surface area contributed by atoms with Gasteiger partial charge in [-0.2, -0.15) is 0 Å². The first kappa shape index (κ1) is 25.1. The van der Waals surface area contributed by atoms with Crippen molar-refractivity contribution < 1.29 is 48.2 Å². The largest absolute Gasteiger partial charge is 0.369 e. The summed E-state index contributed by atoms with van der Waals surface area (Å²) in [5.74, 6) is -0.790. The lowest BCUT2D eigenvalue weighted by atomic mass is 9.79. The van der Waals surface area contributed by atoms with E-state index in [1.165, 1.54) is 17.1 Å². The highest BCUT2D eigenvalue weighted by Gasteiger charge is 2.58. The fraction of sp³-hybridized carbons (Fsp3) is 0.706. The molecular weight excluding hydrogens is 440 g/mol. The first-order valence-electron chi connectivity index (χ1n) is 9.66. The van der Waals surface area contributed by atoms with Gasteiger partial charge < -0.3 is 24.7 Å². The Morgan fingerprint density at radius 1 is 0.967 bits per heavy atom. The van der Waals surface area contributed by atoms with Crippen LogP contribution in [0.15, 0.2) is 12.2 Å². The molecule has 5 N–H and O–H groups in total. The zero-order valence-electron chi connectivity index (χ0n) is 16.3. The predicted molar refractivity (Wildman–Crippen MR) is 104 cm³/mol. The molecule has 0 atom stereocenters. The molecule has 0 aromatic carbocycles. The average molecular weight is 467 g/mol. The number of aliphatic hydroxyl groups is 1. The summed E-state index contributed by atoms with van der Waals surface area (Å²) >= 11 is 0. The number of imide groups is 1. The molecule has 0 unspecified atom stereocenters. The van der Waals surface area contributed by atoms with Crippen LogP contribution in [0.4, 0.5) is 0 Å². The Balaban J connectivity index is 1.75. The highest BCUT2D eigenvalue weighted by molar-refractivity contribution is 7.72. The molecule has 1 aliphatic heterocycles. The molecule has 0 aromatic heterocycles. The quantitative estimate of drug-likeness (QED) is 0.175. The fourth-order valence-corrected chi connectivity index (χ4v) is 6.12. The smallest absolute Gasteiger partial charge is 0.368 e. The van der Waals surface area contributed by atoms with Crippen LogP contribution in [0.1, 0.15) is 51.4 Å². The maximum absolute atomic E-state index is 12.4. The molecule has 1 aliphatic carbocycles. The first-order chi connectivity index (χ1) is 13.8. The van der Waals surface area contributed by atoms with E-state index in [1.54, 1.807) is 0 Å². The van der Waals surface area contributed by atoms with Crippen LogP contribution in [0.5, 0.6) is 0 Å². The summed E-state index contributed by atoms with van der Waals surface area (Å²) < 4.78 is 22.6. The van der Waals surface area contributed by atoms with E-state index in [0.29, 0.717) is 32.2 Å². The van der Waals surface area contributed by atoms with E-state index in [4.69, 9.17) is 19.6 Å². The normalized spacial score (nSPS) is 23.3. The number of hydrogen-bond donors (Lipinski definition) is 5. The number of amides is 2. The molecule has 1 saturated carbocycles. The molecular formula is C17H27NO10P2. The number of carbonyl (C=O) groups is 3. The molecule has 30 heavy (non-hydrogen) atoms. The van der Waals surface area contributed by atoms with E-state index in [-0.39, 0.29) is 48.7 Å². The molecule has 1 heterocycles. The number of Topliss-reactive ketones (excluding diaryl/α,β-unsaturated/α-hetero) is 1. The van der Waals surface area contributed by atoms with E-state index >= 15 is 0 Å². The summed E-state index contributed by atoms with van der Waals surface area (Å²) in [7, 11) is -11.0. The molecule has 0 saturated heterocycles. The van der Waals surface area contributed by atoms with Crippen molar-refractivity contribution in [3.63, 3.8) is 0 Å². The maximum Gasteiger partial charge on any atom is 0.369 e. The van der Waals surface area contributed by atoms with Gasteiger partial charge in [0, 0.05) is 31.0 Å². The van der Waals surface area contributed by atoms with Gasteiger partial charge in [-0.05, 0) is 50.9 Å². The fourth-order valence-electron chi connectivity index (χ4n) is 3.86. The van der Waals surface area contributed by atoms with Crippen LogP contribution in [0.25, 0.3) is 0 Å². The van der Waals surface area contributed by atoms with Gasteiger partial charge in [-0.15, -0.1) is 0 Å². The Labute approximate surface area is 173 Å². The third kappa shape index (κ3) is 5.73. The van der Waals surface area contributed by atoms with Crippen molar-refractivity contribution in [1.29, 1.82) is 0 Å². The van der Waals surface area contributed by atoms with Gasteiger partial charge in [0.15, 0.2) is 0 Å². The Morgan fingerprint density at radius 3 is 1.93 bits per heavy atom. The SMILES string of the molecule is O=C(CCCCC(O)(P(=O)(O)O)P(=O)(O)O)C1CCC(CN2C(=O)C=CC2=O)CC1. The van der Waals surface area contributed by atoms with Crippen LogP contribution in [0.3, 0.4) is 0 Å². The summed E-state index contributed by atoms with van der Waals surface area (Å²) in [6.45, 7) is 0.328. The van der Waals surface area contributed by atoms with Crippen LogP contribution < -0.4 is 0 Å². The summed E-state index contributed by atoms with van der Waals surface area (Å²) in [5, 5.41) is 6.37. The molecule has 0 bridgehead atoms. The molecule has 170 valence electrons. The molecule has 2 rings (SSSR count). The van der Waals surface area contributed by atoms with Crippen LogP contribution >= 0.6 is 15.2 Å². The topological polar surface area (TPSA) is 190 Å². The van der Waals surface area contributed by atoms with E-state index in [2.05, 4.69) is 0 Å². The minimum absolute atomic E-state index is 0.0562. The van der Waals surface area contributed by atoms with Gasteiger partial charge in [0.1, 0.15) is 5.78 Å². The Hall–Kier alpha value is -1.19. The number of hydrogen-bond acceptors (Lipinski definition) is 6. The van der Waals surface area contributed by atoms with E-state index in [9.17, 15) is 28.6 Å². The predicted octanol–water partition coefficient (Wildman–Crippen LogP) is 0.849. The number of unbranched alkanes of at least 4 members (excludes halogenated alkanes) is 1. The summed E-state index contributed by atoms with van der Waals surface area (Å²) in [5.41, 5.74) is 0. The van der Waals surface area contributed by atoms with Gasteiger partial charge in [-0.3, -0.25) is 28.4 Å². The number of nitrogens with zero attached hydrogens (tertiary/aromatic N) is 1. The highest BCUT2D eigenvalue weighted by Crippen LogP contribution is 2.69. The summed E-state index contributed by atoms with van der Waals surface area (Å²) in [6, 6.07) is 0. The second-order valence-electron chi connectivity index (χ2n) is 7.87. The van der Waals surface area contributed by atoms with Crippen molar-refractivity contribution in [3.05, 3.63) is 12.2 Å². The van der Waals surface area contributed by atoms with Gasteiger partial charge in [-0.25, -0.2) is 0 Å². The highest BCUT2D eigenvalue weighted by atomic mass is 31.2.